The van der Waals surface area contributed by atoms with E-state index >= 15 is 0 Å². The molecule has 0 spiro atoms. The molecule has 0 aromatic carbocycles. The zero-order chi connectivity index (χ0) is 10.4. The second kappa shape index (κ2) is 3.64. The maximum atomic E-state index is 11.5. The third kappa shape index (κ3) is 1.48. The zero-order valence-corrected chi connectivity index (χ0v) is 9.41. The van der Waals surface area contributed by atoms with Crippen LogP contribution in [0, 0.1) is 5.92 Å². The van der Waals surface area contributed by atoms with Crippen molar-refractivity contribution in [3.05, 3.63) is 0 Å². The molecule has 4 nitrogen and oxygen atoms in total. The van der Waals surface area contributed by atoms with Crippen LogP contribution < -0.4 is 5.73 Å². The van der Waals surface area contributed by atoms with Crippen molar-refractivity contribution in [3.8, 4) is 0 Å². The Balaban J connectivity index is 1.63. The first-order chi connectivity index (χ1) is 7.27. The summed E-state index contributed by atoms with van der Waals surface area (Å²) >= 11 is 1.82. The predicted molar refractivity (Wildman–Crippen MR) is 58.4 cm³/mol. The van der Waals surface area contributed by atoms with Crippen LogP contribution in [0.15, 0.2) is 0 Å². The number of hydrogen-bond donors (Lipinski definition) is 1. The first-order valence-corrected chi connectivity index (χ1v) is 6.61. The van der Waals surface area contributed by atoms with Crippen LogP contribution in [0.1, 0.15) is 12.8 Å². The second-order valence-electron chi connectivity index (χ2n) is 4.55. The van der Waals surface area contributed by atoms with Gasteiger partial charge in [0.05, 0.1) is 6.10 Å². The van der Waals surface area contributed by atoms with E-state index in [4.69, 9.17) is 10.5 Å². The Labute approximate surface area is 93.5 Å². The van der Waals surface area contributed by atoms with Gasteiger partial charge in [0.25, 0.3) is 0 Å². The highest BCUT2D eigenvalue weighted by Crippen LogP contribution is 2.38. The number of β-lactam (4-membered cyclic amide) rings is 1. The van der Waals surface area contributed by atoms with Gasteiger partial charge in [0.15, 0.2) is 0 Å². The molecular formula is C10H16N2O2S. The van der Waals surface area contributed by atoms with Gasteiger partial charge in [-0.1, -0.05) is 0 Å². The quantitative estimate of drug-likeness (QED) is 0.643. The first kappa shape index (κ1) is 9.93. The zero-order valence-electron chi connectivity index (χ0n) is 8.59. The number of carbonyl (C=O) groups excluding carboxylic acids is 1. The van der Waals surface area contributed by atoms with Crippen LogP contribution in [-0.2, 0) is 9.53 Å². The molecule has 3 fully saturated rings. The number of nitrogens with two attached hydrogens (primary N) is 1. The summed E-state index contributed by atoms with van der Waals surface area (Å²) < 4.78 is 5.68. The Morgan fingerprint density at radius 3 is 3.13 bits per heavy atom. The highest BCUT2D eigenvalue weighted by Gasteiger charge is 2.49. The van der Waals surface area contributed by atoms with Crippen LogP contribution in [0.4, 0.5) is 0 Å². The van der Waals surface area contributed by atoms with Crippen molar-refractivity contribution in [2.75, 3.05) is 18.9 Å². The van der Waals surface area contributed by atoms with Gasteiger partial charge >= 0.3 is 0 Å². The Kier molecular flexibility index (Phi) is 2.41. The van der Waals surface area contributed by atoms with Crippen LogP contribution in [0.5, 0.6) is 0 Å². The molecule has 0 aliphatic carbocycles. The summed E-state index contributed by atoms with van der Waals surface area (Å²) in [6, 6.07) is -0.250. The summed E-state index contributed by atoms with van der Waals surface area (Å²) in [4.78, 5) is 13.4. The largest absolute Gasteiger partial charge is 0.378 e. The topological polar surface area (TPSA) is 55.6 Å². The molecule has 0 aromatic rings. The van der Waals surface area contributed by atoms with Crippen LogP contribution in [0.3, 0.4) is 0 Å². The average Bonchev–Trinajstić information content (AvgIpc) is 2.80. The molecule has 0 aromatic heterocycles. The molecule has 5 heteroatoms. The molecule has 3 aliphatic heterocycles. The molecule has 0 bridgehead atoms. The molecular weight excluding hydrogens is 212 g/mol. The average molecular weight is 228 g/mol. The minimum atomic E-state index is -0.250. The highest BCUT2D eigenvalue weighted by atomic mass is 32.2. The summed E-state index contributed by atoms with van der Waals surface area (Å²) in [6.07, 6.45) is 2.70. The van der Waals surface area contributed by atoms with Gasteiger partial charge in [0, 0.05) is 24.8 Å². The maximum Gasteiger partial charge on any atom is 0.243 e. The third-order valence-corrected chi connectivity index (χ3v) is 5.10. The third-order valence-electron chi connectivity index (χ3n) is 3.59. The number of hydrogen-bond acceptors (Lipinski definition) is 4. The van der Waals surface area contributed by atoms with Gasteiger partial charge in [-0.2, -0.15) is 0 Å². The summed E-state index contributed by atoms with van der Waals surface area (Å²) in [5.74, 6) is 1.73. The normalized spacial score (nSPS) is 45.1. The van der Waals surface area contributed by atoms with Crippen LogP contribution in [0.25, 0.3) is 0 Å². The predicted octanol–water partition coefficient (Wildman–Crippen LogP) is 0.0240. The lowest BCUT2D eigenvalue weighted by molar-refractivity contribution is -0.146. The van der Waals surface area contributed by atoms with Gasteiger partial charge in [0.2, 0.25) is 5.91 Å². The molecule has 1 amide bonds. The summed E-state index contributed by atoms with van der Waals surface area (Å²) in [5, 5.41) is 0.246. The molecule has 4 unspecified atom stereocenters. The minimum absolute atomic E-state index is 0.121. The van der Waals surface area contributed by atoms with E-state index in [0.29, 0.717) is 12.0 Å². The van der Waals surface area contributed by atoms with Crippen LogP contribution >= 0.6 is 11.8 Å². The molecule has 2 N–H and O–H groups in total. The van der Waals surface area contributed by atoms with E-state index < -0.39 is 0 Å². The van der Waals surface area contributed by atoms with Crippen molar-refractivity contribution < 1.29 is 9.53 Å². The van der Waals surface area contributed by atoms with Crippen LogP contribution in [0.2, 0.25) is 0 Å². The smallest absolute Gasteiger partial charge is 0.243 e. The summed E-state index contributed by atoms with van der Waals surface area (Å²) in [5.41, 5.74) is 5.73. The van der Waals surface area contributed by atoms with Crippen molar-refractivity contribution in [2.24, 2.45) is 11.7 Å². The number of nitrogens with zero attached hydrogens (tertiary/aromatic N) is 1. The van der Waals surface area contributed by atoms with Gasteiger partial charge in [-0.3, -0.25) is 4.79 Å². The fraction of sp³-hybridized carbons (Fsp3) is 0.900. The van der Waals surface area contributed by atoms with E-state index in [9.17, 15) is 4.79 Å². The van der Waals surface area contributed by atoms with Crippen molar-refractivity contribution in [2.45, 2.75) is 30.4 Å². The Morgan fingerprint density at radius 2 is 2.40 bits per heavy atom. The standard InChI is InChI=1S/C10H16N2O2S/c11-8-9(13)12-4-6(5-15-10(8)12)7-2-1-3-14-7/h6-8,10H,1-5,11H2. The number of carbonyl (C=O) groups is 1. The molecule has 3 saturated heterocycles. The first-order valence-electron chi connectivity index (χ1n) is 5.56. The highest BCUT2D eigenvalue weighted by molar-refractivity contribution is 8.00. The lowest BCUT2D eigenvalue weighted by atomic mass is 9.97. The fourth-order valence-electron chi connectivity index (χ4n) is 2.66. The number of rotatable bonds is 1. The SMILES string of the molecule is NC1C(=O)N2CC(C3CCCO3)CSC12. The lowest BCUT2D eigenvalue weighted by Gasteiger charge is -2.50. The Hall–Kier alpha value is -0.260. The minimum Gasteiger partial charge on any atom is -0.378 e. The van der Waals surface area contributed by atoms with E-state index in [-0.39, 0.29) is 17.3 Å². The molecule has 4 atom stereocenters. The van der Waals surface area contributed by atoms with Crippen molar-refractivity contribution in [3.63, 3.8) is 0 Å². The van der Waals surface area contributed by atoms with E-state index in [0.717, 1.165) is 25.3 Å². The monoisotopic (exact) mass is 228 g/mol. The molecule has 84 valence electrons. The Bertz CT molecular complexity index is 281. The number of amides is 1. The molecule has 3 rings (SSSR count). The van der Waals surface area contributed by atoms with Crippen molar-refractivity contribution in [1.82, 2.24) is 4.90 Å². The van der Waals surface area contributed by atoms with Gasteiger partial charge < -0.3 is 15.4 Å². The number of ether oxygens (including phenoxy) is 1. The second-order valence-corrected chi connectivity index (χ2v) is 5.70. The Morgan fingerprint density at radius 1 is 1.53 bits per heavy atom. The van der Waals surface area contributed by atoms with Crippen molar-refractivity contribution >= 4 is 17.7 Å². The molecule has 3 heterocycles. The van der Waals surface area contributed by atoms with Crippen LogP contribution in [-0.4, -0.2) is 47.2 Å². The molecule has 3 aliphatic rings. The summed E-state index contributed by atoms with van der Waals surface area (Å²) in [7, 11) is 0. The maximum absolute atomic E-state index is 11.5. The van der Waals surface area contributed by atoms with Gasteiger partial charge in [-0.15, -0.1) is 11.8 Å². The summed E-state index contributed by atoms with van der Waals surface area (Å²) in [6.45, 7) is 1.75. The van der Waals surface area contributed by atoms with Gasteiger partial charge in [-0.25, -0.2) is 0 Å². The lowest BCUT2D eigenvalue weighted by Crippen LogP contribution is -2.70. The van der Waals surface area contributed by atoms with E-state index in [2.05, 4.69) is 0 Å². The molecule has 15 heavy (non-hydrogen) atoms. The van der Waals surface area contributed by atoms with Gasteiger partial charge in [-0.05, 0) is 12.8 Å². The van der Waals surface area contributed by atoms with Crippen molar-refractivity contribution in [1.29, 1.82) is 0 Å². The fourth-order valence-corrected chi connectivity index (χ4v) is 4.12. The van der Waals surface area contributed by atoms with E-state index in [1.165, 1.54) is 6.42 Å². The van der Waals surface area contributed by atoms with Gasteiger partial charge in [0.1, 0.15) is 11.4 Å². The molecule has 0 radical (unpaired) electrons. The number of fused-ring (bicyclic) bond motifs is 1. The number of thioether (sulfide) groups is 1. The van der Waals surface area contributed by atoms with E-state index in [1.54, 1.807) is 0 Å². The molecule has 0 saturated carbocycles. The van der Waals surface area contributed by atoms with E-state index in [1.807, 2.05) is 16.7 Å².